The van der Waals surface area contributed by atoms with Crippen LogP contribution in [0.15, 0.2) is 42.5 Å². The van der Waals surface area contributed by atoms with Gasteiger partial charge in [-0.05, 0) is 42.0 Å². The Morgan fingerprint density at radius 2 is 1.32 bits per heavy atom. The van der Waals surface area contributed by atoms with Gasteiger partial charge in [0.2, 0.25) is 0 Å². The molecule has 28 heavy (non-hydrogen) atoms. The predicted octanol–water partition coefficient (Wildman–Crippen LogP) is 2.20. The molecule has 0 atom stereocenters. The van der Waals surface area contributed by atoms with Crippen LogP contribution in [0.3, 0.4) is 0 Å². The zero-order chi connectivity index (χ0) is 20.5. The first-order valence-corrected chi connectivity index (χ1v) is 8.24. The number of nitrogens with one attached hydrogen (secondary N) is 2. The van der Waals surface area contributed by atoms with Crippen LogP contribution in [0.4, 0.5) is 0 Å². The van der Waals surface area contributed by atoms with E-state index >= 15 is 0 Å². The van der Waals surface area contributed by atoms with Gasteiger partial charge >= 0.3 is 0 Å². The molecule has 2 aromatic rings. The molecule has 0 aromatic heterocycles. The minimum Gasteiger partial charge on any atom is -0.493 e. The van der Waals surface area contributed by atoms with Crippen LogP contribution in [0.2, 0.25) is 0 Å². The highest BCUT2D eigenvalue weighted by Gasteiger charge is 2.11. The molecular weight excluding hydrogens is 364 g/mol. The number of hydrogen-bond acceptors (Lipinski definition) is 6. The van der Waals surface area contributed by atoms with E-state index in [1.165, 1.54) is 33.5 Å². The second kappa shape index (κ2) is 9.86. The maximum absolute atomic E-state index is 12.2. The van der Waals surface area contributed by atoms with Gasteiger partial charge in [-0.1, -0.05) is 6.07 Å². The molecule has 0 heterocycles. The van der Waals surface area contributed by atoms with Crippen LogP contribution in [0.25, 0.3) is 6.08 Å². The fourth-order valence-corrected chi connectivity index (χ4v) is 2.34. The highest BCUT2D eigenvalue weighted by Crippen LogP contribution is 2.28. The molecule has 2 N–H and O–H groups in total. The fraction of sp³-hybridized carbons (Fsp3) is 0.200. The third-order valence-corrected chi connectivity index (χ3v) is 3.78. The van der Waals surface area contributed by atoms with E-state index in [1.54, 1.807) is 43.5 Å². The van der Waals surface area contributed by atoms with Crippen molar-refractivity contribution in [3.8, 4) is 23.0 Å². The summed E-state index contributed by atoms with van der Waals surface area (Å²) < 4.78 is 20.6. The molecule has 0 aliphatic carbocycles. The summed E-state index contributed by atoms with van der Waals surface area (Å²) in [5.74, 6) is 1.06. The van der Waals surface area contributed by atoms with Crippen molar-refractivity contribution in [3.05, 3.63) is 53.6 Å². The van der Waals surface area contributed by atoms with Crippen molar-refractivity contribution in [3.63, 3.8) is 0 Å². The van der Waals surface area contributed by atoms with Crippen LogP contribution < -0.4 is 29.8 Å². The highest BCUT2D eigenvalue weighted by molar-refractivity contribution is 5.98. The molecule has 0 bridgehead atoms. The van der Waals surface area contributed by atoms with E-state index in [1.807, 2.05) is 0 Å². The van der Waals surface area contributed by atoms with Crippen LogP contribution in [-0.4, -0.2) is 40.3 Å². The summed E-state index contributed by atoms with van der Waals surface area (Å²) in [6.07, 6.45) is 2.87. The van der Waals surface area contributed by atoms with E-state index in [-0.39, 0.29) is 0 Å². The van der Waals surface area contributed by atoms with Crippen molar-refractivity contribution in [1.82, 2.24) is 10.9 Å². The standard InChI is InChI=1S/C20H22N2O6/c1-25-15-8-5-13(11-17(15)27-3)6-10-19(23)21-22-20(24)14-7-9-16(26-2)18(12-14)28-4/h5-12H,1-4H3,(H,21,23)(H,22,24)/b10-6+. The molecule has 0 radical (unpaired) electrons. The quantitative estimate of drug-likeness (QED) is 0.560. The normalized spacial score (nSPS) is 10.3. The maximum Gasteiger partial charge on any atom is 0.269 e. The van der Waals surface area contributed by atoms with Crippen molar-refractivity contribution < 1.29 is 28.5 Å². The van der Waals surface area contributed by atoms with Gasteiger partial charge in [-0.3, -0.25) is 20.4 Å². The molecule has 0 aliphatic heterocycles. The van der Waals surface area contributed by atoms with Crippen LogP contribution in [0.1, 0.15) is 15.9 Å². The predicted molar refractivity (Wildman–Crippen MR) is 104 cm³/mol. The number of hydrogen-bond donors (Lipinski definition) is 2. The summed E-state index contributed by atoms with van der Waals surface area (Å²) >= 11 is 0. The lowest BCUT2D eigenvalue weighted by Crippen LogP contribution is -2.40. The number of carbonyl (C=O) groups excluding carboxylic acids is 2. The Morgan fingerprint density at radius 3 is 1.93 bits per heavy atom. The Kier molecular flexibility index (Phi) is 7.27. The summed E-state index contributed by atoms with van der Waals surface area (Å²) in [6.45, 7) is 0. The molecule has 2 rings (SSSR count). The Labute approximate surface area is 163 Å². The number of amides is 2. The molecule has 8 nitrogen and oxygen atoms in total. The number of methoxy groups -OCH3 is 4. The molecule has 0 spiro atoms. The lowest BCUT2D eigenvalue weighted by molar-refractivity contribution is -0.117. The average molecular weight is 386 g/mol. The summed E-state index contributed by atoms with van der Waals surface area (Å²) in [6, 6.07) is 9.90. The van der Waals surface area contributed by atoms with Crippen molar-refractivity contribution in [2.75, 3.05) is 28.4 Å². The monoisotopic (exact) mass is 386 g/mol. The van der Waals surface area contributed by atoms with Gasteiger partial charge in [0, 0.05) is 11.6 Å². The van der Waals surface area contributed by atoms with Crippen LogP contribution in [0, 0.1) is 0 Å². The van der Waals surface area contributed by atoms with E-state index in [0.29, 0.717) is 28.6 Å². The molecule has 2 aromatic carbocycles. The van der Waals surface area contributed by atoms with Crippen LogP contribution >= 0.6 is 0 Å². The summed E-state index contributed by atoms with van der Waals surface area (Å²) in [7, 11) is 6.05. The first-order valence-electron chi connectivity index (χ1n) is 8.24. The highest BCUT2D eigenvalue weighted by atomic mass is 16.5. The molecule has 0 aliphatic rings. The molecule has 2 amide bonds. The molecule has 8 heteroatoms. The SMILES string of the molecule is COc1ccc(/C=C/C(=O)NNC(=O)c2ccc(OC)c(OC)c2)cc1OC. The number of benzene rings is 2. The first kappa shape index (κ1) is 20.6. The first-order chi connectivity index (χ1) is 13.5. The second-order valence-electron chi connectivity index (χ2n) is 5.46. The second-order valence-corrected chi connectivity index (χ2v) is 5.46. The van der Waals surface area contributed by atoms with Crippen LogP contribution in [-0.2, 0) is 4.79 Å². The molecule has 0 saturated heterocycles. The van der Waals surface area contributed by atoms with Gasteiger partial charge in [0.15, 0.2) is 23.0 Å². The van der Waals surface area contributed by atoms with E-state index in [4.69, 9.17) is 18.9 Å². The third kappa shape index (κ3) is 5.16. The molecule has 0 fully saturated rings. The Morgan fingerprint density at radius 1 is 0.750 bits per heavy atom. The number of rotatable bonds is 7. The van der Waals surface area contributed by atoms with E-state index in [0.717, 1.165) is 5.56 Å². The van der Waals surface area contributed by atoms with E-state index in [2.05, 4.69) is 10.9 Å². The number of ether oxygens (including phenoxy) is 4. The fourth-order valence-electron chi connectivity index (χ4n) is 2.34. The van der Waals surface area contributed by atoms with Gasteiger partial charge in [0.1, 0.15) is 0 Å². The summed E-state index contributed by atoms with van der Waals surface area (Å²) in [5.41, 5.74) is 5.69. The van der Waals surface area contributed by atoms with Gasteiger partial charge in [0.25, 0.3) is 11.8 Å². The molecular formula is C20H22N2O6. The van der Waals surface area contributed by atoms with Gasteiger partial charge in [-0.25, -0.2) is 0 Å². The molecule has 148 valence electrons. The Balaban J connectivity index is 1.96. The van der Waals surface area contributed by atoms with E-state index < -0.39 is 11.8 Å². The van der Waals surface area contributed by atoms with Crippen molar-refractivity contribution in [2.45, 2.75) is 0 Å². The zero-order valence-electron chi connectivity index (χ0n) is 16.1. The zero-order valence-corrected chi connectivity index (χ0v) is 16.1. The molecule has 0 unspecified atom stereocenters. The number of hydrazine groups is 1. The van der Waals surface area contributed by atoms with Crippen molar-refractivity contribution in [2.24, 2.45) is 0 Å². The topological polar surface area (TPSA) is 95.1 Å². The minimum atomic E-state index is -0.497. The largest absolute Gasteiger partial charge is 0.493 e. The Bertz CT molecular complexity index is 879. The summed E-state index contributed by atoms with van der Waals surface area (Å²) in [5, 5.41) is 0. The Hall–Kier alpha value is -3.68. The van der Waals surface area contributed by atoms with Gasteiger partial charge < -0.3 is 18.9 Å². The number of carbonyl (C=O) groups is 2. The lowest BCUT2D eigenvalue weighted by atomic mass is 10.2. The van der Waals surface area contributed by atoms with Gasteiger partial charge in [-0.15, -0.1) is 0 Å². The summed E-state index contributed by atoms with van der Waals surface area (Å²) in [4.78, 5) is 24.1. The van der Waals surface area contributed by atoms with Gasteiger partial charge in [-0.2, -0.15) is 0 Å². The van der Waals surface area contributed by atoms with Gasteiger partial charge in [0.05, 0.1) is 28.4 Å². The maximum atomic E-state index is 12.2. The molecule has 0 saturated carbocycles. The van der Waals surface area contributed by atoms with Crippen molar-refractivity contribution >= 4 is 17.9 Å². The van der Waals surface area contributed by atoms with Crippen molar-refractivity contribution in [1.29, 1.82) is 0 Å². The lowest BCUT2D eigenvalue weighted by Gasteiger charge is -2.10. The average Bonchev–Trinajstić information content (AvgIpc) is 2.74. The smallest absolute Gasteiger partial charge is 0.269 e. The minimum absolute atomic E-state index is 0.307. The van der Waals surface area contributed by atoms with Crippen LogP contribution in [0.5, 0.6) is 23.0 Å². The third-order valence-electron chi connectivity index (χ3n) is 3.78. The van der Waals surface area contributed by atoms with E-state index in [9.17, 15) is 9.59 Å².